The molecule has 0 amide bonds. The number of halogens is 1. The number of aryl methyl sites for hydroxylation is 1. The van der Waals surface area contributed by atoms with Crippen molar-refractivity contribution < 1.29 is 14.6 Å². The molecule has 0 saturated heterocycles. The monoisotopic (exact) mass is 213 g/mol. The molecule has 1 rings (SSSR count). The van der Waals surface area contributed by atoms with Crippen LogP contribution >= 0.6 is 0 Å². The Hall–Kier alpha value is -0.970. The topological polar surface area (TPSA) is 52.5 Å². The van der Waals surface area contributed by atoms with Crippen molar-refractivity contribution in [3.63, 3.8) is 0 Å². The second kappa shape index (κ2) is 5.80. The van der Waals surface area contributed by atoms with Gasteiger partial charge in [-0.05, 0) is 24.1 Å². The fraction of sp³-hybridized carbons (Fsp3) is 0.455. The van der Waals surface area contributed by atoms with Gasteiger partial charge in [-0.1, -0.05) is 12.1 Å². The highest BCUT2D eigenvalue weighted by molar-refractivity contribution is 5.23. The van der Waals surface area contributed by atoms with Gasteiger partial charge in [0.25, 0.3) is 0 Å². The van der Waals surface area contributed by atoms with Gasteiger partial charge in [-0.3, -0.25) is 0 Å². The van der Waals surface area contributed by atoms with E-state index >= 15 is 0 Å². The lowest BCUT2D eigenvalue weighted by molar-refractivity contribution is 0.0942. The molecule has 1 aromatic carbocycles. The molecule has 0 fully saturated rings. The number of rotatable bonds is 5. The zero-order valence-electron chi connectivity index (χ0n) is 8.70. The standard InChI is InChI=1S/C11H16FNO2/c1-8-4-9(2-3-11(8)12)5-13-6-10(15)7-14/h2-4,10,13-15H,5-7H2,1H3/t10-/m1/s1. The molecule has 0 aromatic heterocycles. The van der Waals surface area contributed by atoms with Crippen molar-refractivity contribution in [3.05, 3.63) is 35.1 Å². The Morgan fingerprint density at radius 2 is 2.20 bits per heavy atom. The van der Waals surface area contributed by atoms with Crippen molar-refractivity contribution >= 4 is 0 Å². The average Bonchev–Trinajstić information content (AvgIpc) is 2.23. The summed E-state index contributed by atoms with van der Waals surface area (Å²) >= 11 is 0. The third-order valence-electron chi connectivity index (χ3n) is 2.14. The Morgan fingerprint density at radius 1 is 1.47 bits per heavy atom. The van der Waals surface area contributed by atoms with Crippen LogP contribution in [-0.2, 0) is 6.54 Å². The first kappa shape index (κ1) is 12.1. The molecule has 3 N–H and O–H groups in total. The highest BCUT2D eigenvalue weighted by Crippen LogP contribution is 2.08. The molecule has 0 aliphatic carbocycles. The molecule has 0 unspecified atom stereocenters. The SMILES string of the molecule is Cc1cc(CNC[C@@H](O)CO)ccc1F. The van der Waals surface area contributed by atoms with E-state index in [9.17, 15) is 4.39 Å². The summed E-state index contributed by atoms with van der Waals surface area (Å²) in [6.45, 7) is 2.34. The number of hydrogen-bond acceptors (Lipinski definition) is 3. The lowest BCUT2D eigenvalue weighted by Gasteiger charge is -2.09. The van der Waals surface area contributed by atoms with E-state index in [1.807, 2.05) is 0 Å². The number of benzene rings is 1. The number of nitrogens with one attached hydrogen (secondary N) is 1. The summed E-state index contributed by atoms with van der Waals surface area (Å²) in [5, 5.41) is 20.6. The van der Waals surface area contributed by atoms with Crippen molar-refractivity contribution in [2.45, 2.75) is 19.6 Å². The first-order valence-corrected chi connectivity index (χ1v) is 4.88. The zero-order valence-corrected chi connectivity index (χ0v) is 8.70. The number of hydrogen-bond donors (Lipinski definition) is 3. The van der Waals surface area contributed by atoms with Crippen LogP contribution in [0, 0.1) is 12.7 Å². The third-order valence-corrected chi connectivity index (χ3v) is 2.14. The molecular formula is C11H16FNO2. The Morgan fingerprint density at radius 3 is 2.80 bits per heavy atom. The van der Waals surface area contributed by atoms with E-state index in [-0.39, 0.29) is 12.4 Å². The largest absolute Gasteiger partial charge is 0.394 e. The van der Waals surface area contributed by atoms with Gasteiger partial charge in [0.1, 0.15) is 5.82 Å². The molecule has 0 aliphatic heterocycles. The molecule has 0 aliphatic rings. The first-order valence-electron chi connectivity index (χ1n) is 4.88. The minimum atomic E-state index is -0.744. The summed E-state index contributed by atoms with van der Waals surface area (Å²) in [4.78, 5) is 0. The summed E-state index contributed by atoms with van der Waals surface area (Å²) < 4.78 is 12.9. The summed E-state index contributed by atoms with van der Waals surface area (Å²) in [6.07, 6.45) is -0.744. The van der Waals surface area contributed by atoms with Crippen LogP contribution < -0.4 is 5.32 Å². The van der Waals surface area contributed by atoms with E-state index in [4.69, 9.17) is 10.2 Å². The Kier molecular flexibility index (Phi) is 4.68. The van der Waals surface area contributed by atoms with Gasteiger partial charge in [0, 0.05) is 13.1 Å². The van der Waals surface area contributed by atoms with Gasteiger partial charge >= 0.3 is 0 Å². The van der Waals surface area contributed by atoms with Crippen molar-refractivity contribution in [1.29, 1.82) is 0 Å². The summed E-state index contributed by atoms with van der Waals surface area (Å²) in [6, 6.07) is 4.88. The first-order chi connectivity index (χ1) is 7.13. The smallest absolute Gasteiger partial charge is 0.126 e. The number of aliphatic hydroxyl groups excluding tert-OH is 2. The highest BCUT2D eigenvalue weighted by atomic mass is 19.1. The van der Waals surface area contributed by atoms with Gasteiger partial charge in [0.05, 0.1) is 12.7 Å². The van der Waals surface area contributed by atoms with Crippen molar-refractivity contribution in [1.82, 2.24) is 5.32 Å². The van der Waals surface area contributed by atoms with Crippen LogP contribution in [-0.4, -0.2) is 29.5 Å². The van der Waals surface area contributed by atoms with E-state index in [1.54, 1.807) is 19.1 Å². The minimum absolute atomic E-state index is 0.214. The Balaban J connectivity index is 2.41. The highest BCUT2D eigenvalue weighted by Gasteiger charge is 2.02. The van der Waals surface area contributed by atoms with Crippen molar-refractivity contribution in [3.8, 4) is 0 Å². The molecule has 15 heavy (non-hydrogen) atoms. The van der Waals surface area contributed by atoms with Crippen LogP contribution in [0.4, 0.5) is 4.39 Å². The second-order valence-corrected chi connectivity index (χ2v) is 3.55. The molecule has 1 aromatic rings. The molecule has 1 atom stereocenters. The maximum Gasteiger partial charge on any atom is 0.126 e. The Bertz CT molecular complexity index is 317. The third kappa shape index (κ3) is 3.95. The molecule has 84 valence electrons. The zero-order chi connectivity index (χ0) is 11.3. The molecular weight excluding hydrogens is 197 g/mol. The van der Waals surface area contributed by atoms with E-state index in [2.05, 4.69) is 5.32 Å². The fourth-order valence-corrected chi connectivity index (χ4v) is 1.26. The second-order valence-electron chi connectivity index (χ2n) is 3.55. The lowest BCUT2D eigenvalue weighted by Crippen LogP contribution is -2.28. The van der Waals surface area contributed by atoms with Gasteiger partial charge in [-0.2, -0.15) is 0 Å². The van der Waals surface area contributed by atoms with Crippen molar-refractivity contribution in [2.75, 3.05) is 13.2 Å². The molecule has 0 radical (unpaired) electrons. The summed E-state index contributed by atoms with van der Waals surface area (Å²) in [5.74, 6) is -0.214. The van der Waals surface area contributed by atoms with Crippen LogP contribution in [0.2, 0.25) is 0 Å². The van der Waals surface area contributed by atoms with Gasteiger partial charge in [-0.15, -0.1) is 0 Å². The van der Waals surface area contributed by atoms with Crippen LogP contribution in [0.1, 0.15) is 11.1 Å². The molecule has 0 bridgehead atoms. The molecule has 3 nitrogen and oxygen atoms in total. The Labute approximate surface area is 88.6 Å². The van der Waals surface area contributed by atoms with E-state index in [0.717, 1.165) is 5.56 Å². The van der Waals surface area contributed by atoms with Crippen LogP contribution in [0.3, 0.4) is 0 Å². The molecule has 0 heterocycles. The van der Waals surface area contributed by atoms with Crippen LogP contribution in [0.5, 0.6) is 0 Å². The van der Waals surface area contributed by atoms with Crippen LogP contribution in [0.15, 0.2) is 18.2 Å². The minimum Gasteiger partial charge on any atom is -0.394 e. The van der Waals surface area contributed by atoms with E-state index in [1.165, 1.54) is 6.07 Å². The van der Waals surface area contributed by atoms with Gasteiger partial charge < -0.3 is 15.5 Å². The maximum atomic E-state index is 12.9. The average molecular weight is 213 g/mol. The number of aliphatic hydroxyl groups is 2. The molecule has 0 saturated carbocycles. The van der Waals surface area contributed by atoms with Crippen LogP contribution in [0.25, 0.3) is 0 Å². The predicted octanol–water partition coefficient (Wildman–Crippen LogP) is 0.577. The van der Waals surface area contributed by atoms with Crippen molar-refractivity contribution in [2.24, 2.45) is 0 Å². The summed E-state index contributed by atoms with van der Waals surface area (Å²) in [5.41, 5.74) is 1.57. The van der Waals surface area contributed by atoms with Gasteiger partial charge in [-0.25, -0.2) is 4.39 Å². The fourth-order valence-electron chi connectivity index (χ4n) is 1.26. The quantitative estimate of drug-likeness (QED) is 0.670. The molecule has 4 heteroatoms. The predicted molar refractivity (Wildman–Crippen MR) is 55.9 cm³/mol. The van der Waals surface area contributed by atoms with E-state index in [0.29, 0.717) is 18.7 Å². The van der Waals surface area contributed by atoms with Gasteiger partial charge in [0.15, 0.2) is 0 Å². The lowest BCUT2D eigenvalue weighted by atomic mass is 10.1. The van der Waals surface area contributed by atoms with E-state index < -0.39 is 6.10 Å². The normalized spacial score (nSPS) is 12.8. The molecule has 0 spiro atoms. The maximum absolute atomic E-state index is 12.9. The van der Waals surface area contributed by atoms with Gasteiger partial charge in [0.2, 0.25) is 0 Å². The summed E-state index contributed by atoms with van der Waals surface area (Å²) in [7, 11) is 0.